The quantitative estimate of drug-likeness (QED) is 0.737. The van der Waals surface area contributed by atoms with Gasteiger partial charge >= 0.3 is 0 Å². The summed E-state index contributed by atoms with van der Waals surface area (Å²) in [6.07, 6.45) is 3.72. The molecule has 0 saturated carbocycles. The summed E-state index contributed by atoms with van der Waals surface area (Å²) in [5.41, 5.74) is 6.15. The number of hydrogen-bond donors (Lipinski definition) is 1. The second kappa shape index (κ2) is 8.06. The molecule has 3 nitrogen and oxygen atoms in total. The summed E-state index contributed by atoms with van der Waals surface area (Å²) < 4.78 is 0. The second-order valence-electron chi connectivity index (χ2n) is 5.90. The summed E-state index contributed by atoms with van der Waals surface area (Å²) in [5, 5.41) is 0. The summed E-state index contributed by atoms with van der Waals surface area (Å²) in [7, 11) is 0. The summed E-state index contributed by atoms with van der Waals surface area (Å²) >= 11 is 0. The molecule has 0 aromatic heterocycles. The van der Waals surface area contributed by atoms with Gasteiger partial charge in [-0.3, -0.25) is 4.90 Å². The highest BCUT2D eigenvalue weighted by Gasteiger charge is 2.18. The number of rotatable bonds is 7. The van der Waals surface area contributed by atoms with Gasteiger partial charge in [-0.25, -0.2) is 0 Å². The van der Waals surface area contributed by atoms with Gasteiger partial charge in [0.25, 0.3) is 0 Å². The Kier molecular flexibility index (Phi) is 7.09. The van der Waals surface area contributed by atoms with Crippen molar-refractivity contribution in [1.29, 1.82) is 0 Å². The molecule has 0 unspecified atom stereocenters. The van der Waals surface area contributed by atoms with Crippen LogP contribution in [0.5, 0.6) is 0 Å². The Morgan fingerprint density at radius 2 is 1.53 bits per heavy atom. The highest BCUT2D eigenvalue weighted by atomic mass is 15.3. The number of hydrogen-bond acceptors (Lipinski definition) is 3. The summed E-state index contributed by atoms with van der Waals surface area (Å²) in [5.74, 6) is 0.786. The fourth-order valence-electron chi connectivity index (χ4n) is 2.56. The van der Waals surface area contributed by atoms with Crippen molar-refractivity contribution in [2.45, 2.75) is 46.1 Å². The molecule has 1 aliphatic rings. The molecule has 1 aliphatic heterocycles. The van der Waals surface area contributed by atoms with Gasteiger partial charge in [-0.15, -0.1) is 0 Å². The molecule has 0 amide bonds. The first-order chi connectivity index (χ1) is 8.11. The molecule has 3 heteroatoms. The van der Waals surface area contributed by atoms with Crippen LogP contribution >= 0.6 is 0 Å². The van der Waals surface area contributed by atoms with E-state index in [0.717, 1.165) is 12.5 Å². The highest BCUT2D eigenvalue weighted by Crippen LogP contribution is 2.07. The van der Waals surface area contributed by atoms with Crippen LogP contribution in [0.2, 0.25) is 0 Å². The first kappa shape index (κ1) is 14.9. The molecule has 1 fully saturated rings. The van der Waals surface area contributed by atoms with Gasteiger partial charge in [0.05, 0.1) is 0 Å². The van der Waals surface area contributed by atoms with Gasteiger partial charge < -0.3 is 10.6 Å². The minimum atomic E-state index is 0.381. The van der Waals surface area contributed by atoms with Gasteiger partial charge in [0.1, 0.15) is 0 Å². The zero-order chi connectivity index (χ0) is 12.7. The van der Waals surface area contributed by atoms with Crippen LogP contribution in [0.15, 0.2) is 0 Å². The molecule has 0 aliphatic carbocycles. The molecule has 1 saturated heterocycles. The highest BCUT2D eigenvalue weighted by molar-refractivity contribution is 4.76. The minimum absolute atomic E-state index is 0.381. The Hall–Kier alpha value is -0.120. The Balaban J connectivity index is 2.14. The topological polar surface area (TPSA) is 32.5 Å². The maximum Gasteiger partial charge on any atom is 0.0167 e. The molecule has 1 rings (SSSR count). The van der Waals surface area contributed by atoms with Gasteiger partial charge in [-0.05, 0) is 12.3 Å². The average molecular weight is 241 g/mol. The third-order valence-electron chi connectivity index (χ3n) is 3.51. The van der Waals surface area contributed by atoms with Crippen LogP contribution < -0.4 is 5.73 Å². The molecule has 102 valence electrons. The van der Waals surface area contributed by atoms with Crippen molar-refractivity contribution in [2.75, 3.05) is 39.3 Å². The van der Waals surface area contributed by atoms with E-state index in [0.29, 0.717) is 6.04 Å². The van der Waals surface area contributed by atoms with Crippen LogP contribution in [0.25, 0.3) is 0 Å². The lowest BCUT2D eigenvalue weighted by Crippen LogP contribution is -2.50. The van der Waals surface area contributed by atoms with E-state index in [9.17, 15) is 0 Å². The van der Waals surface area contributed by atoms with E-state index < -0.39 is 0 Å². The van der Waals surface area contributed by atoms with Crippen molar-refractivity contribution in [3.05, 3.63) is 0 Å². The smallest absolute Gasteiger partial charge is 0.0167 e. The zero-order valence-corrected chi connectivity index (χ0v) is 12.0. The van der Waals surface area contributed by atoms with Gasteiger partial charge in [0, 0.05) is 45.3 Å². The monoisotopic (exact) mass is 241 g/mol. The lowest BCUT2D eigenvalue weighted by molar-refractivity contribution is 0.116. The minimum Gasteiger partial charge on any atom is -0.327 e. The molecule has 17 heavy (non-hydrogen) atoms. The van der Waals surface area contributed by atoms with Crippen LogP contribution in [0, 0.1) is 5.92 Å². The molecule has 1 heterocycles. The lowest BCUT2D eigenvalue weighted by Gasteiger charge is -2.36. The Morgan fingerprint density at radius 1 is 1.00 bits per heavy atom. The van der Waals surface area contributed by atoms with Gasteiger partial charge in [0.2, 0.25) is 0 Å². The second-order valence-corrected chi connectivity index (χ2v) is 5.90. The predicted octanol–water partition coefficient (Wildman–Crippen LogP) is 1.78. The van der Waals surface area contributed by atoms with Gasteiger partial charge in [0.15, 0.2) is 0 Å². The van der Waals surface area contributed by atoms with Crippen molar-refractivity contribution < 1.29 is 0 Å². The molecular weight excluding hydrogens is 210 g/mol. The Bertz CT molecular complexity index is 186. The molecular formula is C14H31N3. The number of nitrogens with zero attached hydrogens (tertiary/aromatic N) is 2. The molecule has 0 bridgehead atoms. The maximum absolute atomic E-state index is 6.15. The summed E-state index contributed by atoms with van der Waals surface area (Å²) in [4.78, 5) is 5.12. The van der Waals surface area contributed by atoms with E-state index in [4.69, 9.17) is 5.73 Å². The van der Waals surface area contributed by atoms with E-state index in [-0.39, 0.29) is 0 Å². The molecule has 0 aromatic carbocycles. The predicted molar refractivity (Wildman–Crippen MR) is 75.2 cm³/mol. The first-order valence-electron chi connectivity index (χ1n) is 7.32. The van der Waals surface area contributed by atoms with Crippen molar-refractivity contribution >= 4 is 0 Å². The Labute approximate surface area is 107 Å². The molecule has 0 radical (unpaired) electrons. The third-order valence-corrected chi connectivity index (χ3v) is 3.51. The summed E-state index contributed by atoms with van der Waals surface area (Å²) in [6, 6.07) is 0.381. The van der Waals surface area contributed by atoms with Crippen molar-refractivity contribution in [1.82, 2.24) is 9.80 Å². The molecule has 0 aromatic rings. The van der Waals surface area contributed by atoms with E-state index in [1.807, 2.05) is 0 Å². The zero-order valence-electron chi connectivity index (χ0n) is 12.0. The van der Waals surface area contributed by atoms with Crippen LogP contribution in [0.1, 0.15) is 40.0 Å². The van der Waals surface area contributed by atoms with Crippen LogP contribution in [-0.4, -0.2) is 55.1 Å². The van der Waals surface area contributed by atoms with Crippen LogP contribution in [0.3, 0.4) is 0 Å². The molecule has 2 N–H and O–H groups in total. The fraction of sp³-hybridized carbons (Fsp3) is 1.00. The van der Waals surface area contributed by atoms with Crippen molar-refractivity contribution in [2.24, 2.45) is 11.7 Å². The maximum atomic E-state index is 6.15. The van der Waals surface area contributed by atoms with Crippen molar-refractivity contribution in [3.63, 3.8) is 0 Å². The SMILES string of the molecule is CCCC[C@H](N)CN1CCN(CC(C)C)CC1. The molecule has 1 atom stereocenters. The van der Waals surface area contributed by atoms with Gasteiger partial charge in [-0.1, -0.05) is 33.6 Å². The fourth-order valence-corrected chi connectivity index (χ4v) is 2.56. The van der Waals surface area contributed by atoms with Crippen LogP contribution in [-0.2, 0) is 0 Å². The number of piperazine rings is 1. The van der Waals surface area contributed by atoms with E-state index in [1.54, 1.807) is 0 Å². The largest absolute Gasteiger partial charge is 0.327 e. The number of unbranched alkanes of at least 4 members (excludes halogenated alkanes) is 1. The van der Waals surface area contributed by atoms with E-state index in [2.05, 4.69) is 30.6 Å². The van der Waals surface area contributed by atoms with Crippen molar-refractivity contribution in [3.8, 4) is 0 Å². The lowest BCUT2D eigenvalue weighted by atomic mass is 10.1. The average Bonchev–Trinajstić information content (AvgIpc) is 2.28. The number of nitrogens with two attached hydrogens (primary N) is 1. The van der Waals surface area contributed by atoms with E-state index >= 15 is 0 Å². The third kappa shape index (κ3) is 6.39. The normalized spacial score (nSPS) is 21.0. The standard InChI is InChI=1S/C14H31N3/c1-4-5-6-14(15)12-17-9-7-16(8-10-17)11-13(2)3/h13-14H,4-12,15H2,1-3H3/t14-/m0/s1. The van der Waals surface area contributed by atoms with Gasteiger partial charge in [-0.2, -0.15) is 0 Å². The summed E-state index contributed by atoms with van der Waals surface area (Å²) in [6.45, 7) is 14.0. The molecule has 0 spiro atoms. The first-order valence-corrected chi connectivity index (χ1v) is 7.32. The van der Waals surface area contributed by atoms with E-state index in [1.165, 1.54) is 52.0 Å². The Morgan fingerprint density at radius 3 is 2.00 bits per heavy atom. The van der Waals surface area contributed by atoms with Crippen LogP contribution in [0.4, 0.5) is 0 Å².